The van der Waals surface area contributed by atoms with Crippen LogP contribution in [0.1, 0.15) is 25.7 Å². The van der Waals surface area contributed by atoms with Crippen LogP contribution in [-0.4, -0.2) is 25.0 Å². The van der Waals surface area contributed by atoms with Crippen LogP contribution >= 0.6 is 23.2 Å². The van der Waals surface area contributed by atoms with E-state index in [0.29, 0.717) is 12.8 Å². The minimum Gasteiger partial charge on any atom is -0.481 e. The number of benzene rings is 1. The standard InChI is InChI=1S/C12H13Cl2NO4S/c13-8-2-3-9(14)10(6-8)20(18,19)15-12(4-1-5-12)7-11(16)17/h2-3,6,15H,1,4-5,7H2,(H,16,17). The average molecular weight is 338 g/mol. The SMILES string of the molecule is O=C(O)CC1(NS(=O)(=O)c2cc(Cl)ccc2Cl)CCC1. The van der Waals surface area contributed by atoms with Gasteiger partial charge in [0.1, 0.15) is 4.90 Å². The minimum absolute atomic E-state index is 0.0479. The molecule has 1 saturated carbocycles. The molecule has 1 aromatic rings. The van der Waals surface area contributed by atoms with Crippen LogP contribution in [0, 0.1) is 0 Å². The number of sulfonamides is 1. The smallest absolute Gasteiger partial charge is 0.305 e. The summed E-state index contributed by atoms with van der Waals surface area (Å²) in [6.07, 6.45) is 1.54. The first-order chi connectivity index (χ1) is 9.24. The van der Waals surface area contributed by atoms with Gasteiger partial charge in [0, 0.05) is 10.6 Å². The van der Waals surface area contributed by atoms with Crippen molar-refractivity contribution in [2.45, 2.75) is 36.1 Å². The molecule has 0 bridgehead atoms. The van der Waals surface area contributed by atoms with Crippen molar-refractivity contribution < 1.29 is 18.3 Å². The summed E-state index contributed by atoms with van der Waals surface area (Å²) in [4.78, 5) is 10.7. The zero-order valence-electron chi connectivity index (χ0n) is 10.4. The number of carbonyl (C=O) groups is 1. The molecule has 1 aromatic carbocycles. The summed E-state index contributed by atoms with van der Waals surface area (Å²) >= 11 is 11.7. The maximum Gasteiger partial charge on any atom is 0.305 e. The van der Waals surface area contributed by atoms with Crippen LogP contribution < -0.4 is 4.72 Å². The molecular weight excluding hydrogens is 325 g/mol. The van der Waals surface area contributed by atoms with E-state index in [1.165, 1.54) is 18.2 Å². The molecule has 5 nitrogen and oxygen atoms in total. The van der Waals surface area contributed by atoms with Crippen molar-refractivity contribution in [3.8, 4) is 0 Å². The highest BCUT2D eigenvalue weighted by Crippen LogP contribution is 2.37. The summed E-state index contributed by atoms with van der Waals surface area (Å²) in [7, 11) is -3.91. The molecule has 0 spiro atoms. The zero-order valence-corrected chi connectivity index (χ0v) is 12.7. The fourth-order valence-corrected chi connectivity index (χ4v) is 4.45. The zero-order chi connectivity index (χ0) is 15.0. The lowest BCUT2D eigenvalue weighted by molar-refractivity contribution is -0.139. The van der Waals surface area contributed by atoms with E-state index in [2.05, 4.69) is 4.72 Å². The van der Waals surface area contributed by atoms with Crippen LogP contribution in [0.2, 0.25) is 10.0 Å². The molecule has 0 saturated heterocycles. The van der Waals surface area contributed by atoms with E-state index in [4.69, 9.17) is 28.3 Å². The number of hydrogen-bond acceptors (Lipinski definition) is 3. The van der Waals surface area contributed by atoms with Gasteiger partial charge in [0.2, 0.25) is 10.0 Å². The van der Waals surface area contributed by atoms with E-state index in [-0.39, 0.29) is 21.4 Å². The van der Waals surface area contributed by atoms with Gasteiger partial charge in [-0.2, -0.15) is 0 Å². The maximum atomic E-state index is 12.3. The van der Waals surface area contributed by atoms with Gasteiger partial charge in [0.25, 0.3) is 0 Å². The highest BCUT2D eigenvalue weighted by atomic mass is 35.5. The lowest BCUT2D eigenvalue weighted by Gasteiger charge is -2.41. The third-order valence-electron chi connectivity index (χ3n) is 3.33. The number of hydrogen-bond donors (Lipinski definition) is 2. The van der Waals surface area contributed by atoms with Crippen LogP contribution in [0.15, 0.2) is 23.1 Å². The third-order valence-corrected chi connectivity index (χ3v) is 5.63. The van der Waals surface area contributed by atoms with Crippen LogP contribution in [-0.2, 0) is 14.8 Å². The Bertz CT molecular complexity index is 641. The highest BCUT2D eigenvalue weighted by Gasteiger charge is 2.42. The van der Waals surface area contributed by atoms with Gasteiger partial charge in [-0.05, 0) is 37.5 Å². The first kappa shape index (κ1) is 15.6. The van der Waals surface area contributed by atoms with Crippen LogP contribution in [0.3, 0.4) is 0 Å². The number of rotatable bonds is 5. The van der Waals surface area contributed by atoms with Gasteiger partial charge in [0.15, 0.2) is 0 Å². The summed E-state index contributed by atoms with van der Waals surface area (Å²) in [6, 6.07) is 4.13. The Morgan fingerprint density at radius 3 is 2.50 bits per heavy atom. The molecule has 1 fully saturated rings. The van der Waals surface area contributed by atoms with Crippen molar-refractivity contribution in [2.75, 3.05) is 0 Å². The lowest BCUT2D eigenvalue weighted by atomic mass is 9.75. The Kier molecular flexibility index (Phi) is 4.30. The number of carboxylic acid groups (broad SMARTS) is 1. The van der Waals surface area contributed by atoms with Crippen molar-refractivity contribution in [3.63, 3.8) is 0 Å². The maximum absolute atomic E-state index is 12.3. The first-order valence-corrected chi connectivity index (χ1v) is 8.19. The molecular formula is C12H13Cl2NO4S. The fraction of sp³-hybridized carbons (Fsp3) is 0.417. The number of aliphatic carboxylic acids is 1. The molecule has 1 aliphatic rings. The number of halogens is 2. The van der Waals surface area contributed by atoms with Crippen LogP contribution in [0.4, 0.5) is 0 Å². The Hall–Kier alpha value is -0.820. The second kappa shape index (κ2) is 5.52. The van der Waals surface area contributed by atoms with Crippen molar-refractivity contribution in [2.24, 2.45) is 0 Å². The van der Waals surface area contributed by atoms with Gasteiger partial charge in [-0.3, -0.25) is 4.79 Å². The van der Waals surface area contributed by atoms with E-state index >= 15 is 0 Å². The monoisotopic (exact) mass is 337 g/mol. The predicted octanol–water partition coefficient (Wildman–Crippen LogP) is 2.67. The van der Waals surface area contributed by atoms with Crippen molar-refractivity contribution in [1.29, 1.82) is 0 Å². The number of carboxylic acids is 1. The molecule has 8 heteroatoms. The molecule has 0 unspecified atom stereocenters. The Morgan fingerprint density at radius 2 is 2.00 bits per heavy atom. The molecule has 2 N–H and O–H groups in total. The Balaban J connectivity index is 2.31. The van der Waals surface area contributed by atoms with Crippen molar-refractivity contribution >= 4 is 39.2 Å². The Labute approximate surface area is 126 Å². The van der Waals surface area contributed by atoms with E-state index in [9.17, 15) is 13.2 Å². The molecule has 0 heterocycles. The molecule has 0 radical (unpaired) electrons. The second-order valence-corrected chi connectivity index (χ2v) is 7.38. The molecule has 0 amide bonds. The van der Waals surface area contributed by atoms with E-state index in [0.717, 1.165) is 6.42 Å². The summed E-state index contributed by atoms with van der Waals surface area (Å²) in [5, 5.41) is 9.19. The molecule has 2 rings (SSSR count). The highest BCUT2D eigenvalue weighted by molar-refractivity contribution is 7.89. The molecule has 110 valence electrons. The Morgan fingerprint density at radius 1 is 1.35 bits per heavy atom. The van der Waals surface area contributed by atoms with Gasteiger partial charge in [-0.25, -0.2) is 13.1 Å². The molecule has 1 aliphatic carbocycles. The van der Waals surface area contributed by atoms with E-state index in [1.807, 2.05) is 0 Å². The van der Waals surface area contributed by atoms with Gasteiger partial charge < -0.3 is 5.11 Å². The van der Waals surface area contributed by atoms with Crippen LogP contribution in [0.5, 0.6) is 0 Å². The summed E-state index contributed by atoms with van der Waals surface area (Å²) in [5.74, 6) is -1.04. The lowest BCUT2D eigenvalue weighted by Crippen LogP contribution is -2.54. The average Bonchev–Trinajstić information content (AvgIpc) is 2.28. The molecule has 0 aromatic heterocycles. The van der Waals surface area contributed by atoms with E-state index in [1.54, 1.807) is 0 Å². The molecule has 20 heavy (non-hydrogen) atoms. The summed E-state index contributed by atoms with van der Waals surface area (Å²) in [5.41, 5.74) is -0.920. The van der Waals surface area contributed by atoms with Crippen LogP contribution in [0.25, 0.3) is 0 Å². The topological polar surface area (TPSA) is 83.5 Å². The molecule has 0 atom stereocenters. The normalized spacial score (nSPS) is 17.5. The number of nitrogens with one attached hydrogen (secondary N) is 1. The summed E-state index contributed by atoms with van der Waals surface area (Å²) < 4.78 is 27.2. The predicted molar refractivity (Wildman–Crippen MR) is 75.6 cm³/mol. The second-order valence-electron chi connectivity index (χ2n) is 4.88. The molecule has 0 aliphatic heterocycles. The van der Waals surface area contributed by atoms with Gasteiger partial charge in [-0.15, -0.1) is 0 Å². The largest absolute Gasteiger partial charge is 0.481 e. The van der Waals surface area contributed by atoms with Crippen molar-refractivity contribution in [3.05, 3.63) is 28.2 Å². The minimum atomic E-state index is -3.91. The quantitative estimate of drug-likeness (QED) is 0.865. The van der Waals surface area contributed by atoms with Gasteiger partial charge >= 0.3 is 5.97 Å². The van der Waals surface area contributed by atoms with Gasteiger partial charge in [-0.1, -0.05) is 23.2 Å². The first-order valence-electron chi connectivity index (χ1n) is 5.95. The summed E-state index contributed by atoms with van der Waals surface area (Å²) in [6.45, 7) is 0. The van der Waals surface area contributed by atoms with Crippen molar-refractivity contribution in [1.82, 2.24) is 4.72 Å². The van der Waals surface area contributed by atoms with E-state index < -0.39 is 21.5 Å². The third kappa shape index (κ3) is 3.25. The fourth-order valence-electron chi connectivity index (χ4n) is 2.23. The van der Waals surface area contributed by atoms with Gasteiger partial charge in [0.05, 0.1) is 11.4 Å².